The molecule has 0 aromatic heterocycles. The first-order chi connectivity index (χ1) is 12.3. The Bertz CT molecular complexity index is 850. The minimum absolute atomic E-state index is 0.102. The molecule has 9 heteroatoms. The highest BCUT2D eigenvalue weighted by molar-refractivity contribution is 6.39. The summed E-state index contributed by atoms with van der Waals surface area (Å²) in [5, 5.41) is 7.18. The minimum atomic E-state index is -1.61. The normalized spacial score (nSPS) is 22.2. The first-order valence-corrected chi connectivity index (χ1v) is 8.17. The van der Waals surface area contributed by atoms with Gasteiger partial charge in [0.2, 0.25) is 5.91 Å². The number of anilines is 1. The second kappa shape index (κ2) is 6.32. The first-order valence-electron chi connectivity index (χ1n) is 8.17. The molecule has 0 N–H and O–H groups in total. The maximum atomic E-state index is 13.1. The number of amides is 2. The number of carbonyl (C=O) groups excluding carboxylic acids is 3. The fourth-order valence-electron chi connectivity index (χ4n) is 3.16. The molecule has 3 rings (SSSR count). The molecule has 0 unspecified atom stereocenters. The number of nitrogens with zero attached hydrogens (tertiary/aromatic N) is 4. The van der Waals surface area contributed by atoms with E-state index in [1.807, 2.05) is 13.8 Å². The van der Waals surface area contributed by atoms with Crippen molar-refractivity contribution >= 4 is 29.2 Å². The molecular weight excluding hydrogens is 340 g/mol. The molecule has 1 spiro atoms. The van der Waals surface area contributed by atoms with E-state index >= 15 is 0 Å². The van der Waals surface area contributed by atoms with Gasteiger partial charge in [-0.3, -0.25) is 9.59 Å². The van der Waals surface area contributed by atoms with Crippen LogP contribution in [-0.4, -0.2) is 40.8 Å². The number of rotatable bonds is 4. The van der Waals surface area contributed by atoms with Crippen LogP contribution in [0.25, 0.3) is 0 Å². The predicted octanol–water partition coefficient (Wildman–Crippen LogP) is 1.61. The van der Waals surface area contributed by atoms with Crippen LogP contribution in [0, 0.1) is 18.8 Å². The fourth-order valence-corrected chi connectivity index (χ4v) is 3.16. The van der Waals surface area contributed by atoms with Crippen molar-refractivity contribution in [1.82, 2.24) is 5.12 Å². The number of hydrogen-bond acceptors (Lipinski definition) is 7. The molecule has 2 aliphatic heterocycles. The van der Waals surface area contributed by atoms with E-state index in [-0.39, 0.29) is 25.2 Å². The van der Waals surface area contributed by atoms with Crippen LogP contribution in [0.3, 0.4) is 0 Å². The molecule has 2 amide bonds. The van der Waals surface area contributed by atoms with Crippen LogP contribution in [0.1, 0.15) is 30.9 Å². The van der Waals surface area contributed by atoms with Crippen molar-refractivity contribution in [2.75, 3.05) is 11.5 Å². The van der Waals surface area contributed by atoms with Gasteiger partial charge in [0.05, 0.1) is 24.0 Å². The Balaban J connectivity index is 1.96. The highest BCUT2D eigenvalue weighted by Crippen LogP contribution is 2.40. The Labute approximate surface area is 149 Å². The summed E-state index contributed by atoms with van der Waals surface area (Å²) in [5.41, 5.74) is 0.640. The zero-order valence-electron chi connectivity index (χ0n) is 14.7. The molecule has 0 saturated carbocycles. The number of ether oxygens (including phenoxy) is 1. The maximum absolute atomic E-state index is 13.1. The van der Waals surface area contributed by atoms with Crippen LogP contribution in [0.4, 0.5) is 5.69 Å². The highest BCUT2D eigenvalue weighted by Gasteiger charge is 2.61. The topological polar surface area (TPSA) is 109 Å². The summed E-state index contributed by atoms with van der Waals surface area (Å²) in [6.07, 6.45) is -0.500. The molecule has 1 aromatic carbocycles. The standard InChI is InChI=1S/C17H18N4O5/c1-4-26-15(23)13-8-17(21(18-13)19-25)9-14(22)20(16(17)24)12-6-5-10(2)11(3)7-12/h5-7H,4,8-9H2,1-3H3/t17-/m0/s1. The highest BCUT2D eigenvalue weighted by atomic mass is 16.5. The molecule has 0 radical (unpaired) electrons. The third kappa shape index (κ3) is 2.56. The third-order valence-corrected chi connectivity index (χ3v) is 4.69. The number of imide groups is 1. The second-order valence-corrected chi connectivity index (χ2v) is 6.33. The lowest BCUT2D eigenvalue weighted by atomic mass is 9.92. The van der Waals surface area contributed by atoms with Gasteiger partial charge in [-0.2, -0.15) is 0 Å². The number of aryl methyl sites for hydroxylation is 2. The molecule has 1 atom stereocenters. The van der Waals surface area contributed by atoms with Crippen LogP contribution < -0.4 is 4.90 Å². The summed E-state index contributed by atoms with van der Waals surface area (Å²) >= 11 is 0. The van der Waals surface area contributed by atoms with Gasteiger partial charge in [0, 0.05) is 6.42 Å². The minimum Gasteiger partial charge on any atom is -0.461 e. The van der Waals surface area contributed by atoms with Crippen molar-refractivity contribution in [2.24, 2.45) is 10.4 Å². The van der Waals surface area contributed by atoms with Crippen molar-refractivity contribution in [3.8, 4) is 0 Å². The number of hydrazone groups is 1. The van der Waals surface area contributed by atoms with Crippen molar-refractivity contribution in [2.45, 2.75) is 39.2 Å². The second-order valence-electron chi connectivity index (χ2n) is 6.33. The zero-order valence-corrected chi connectivity index (χ0v) is 14.7. The molecule has 2 heterocycles. The molecule has 136 valence electrons. The largest absolute Gasteiger partial charge is 0.461 e. The Hall–Kier alpha value is -3.10. The molecule has 2 aliphatic rings. The smallest absolute Gasteiger partial charge is 0.354 e. The Kier molecular flexibility index (Phi) is 4.31. The van der Waals surface area contributed by atoms with E-state index in [4.69, 9.17) is 4.74 Å². The summed E-state index contributed by atoms with van der Waals surface area (Å²) in [6, 6.07) is 5.20. The van der Waals surface area contributed by atoms with Crippen LogP contribution in [0.5, 0.6) is 0 Å². The molecule has 1 fully saturated rings. The summed E-state index contributed by atoms with van der Waals surface area (Å²) in [4.78, 5) is 49.8. The lowest BCUT2D eigenvalue weighted by Gasteiger charge is -2.25. The average Bonchev–Trinajstić information content (AvgIpc) is 3.09. The summed E-state index contributed by atoms with van der Waals surface area (Å²) in [5.74, 6) is -1.84. The Morgan fingerprint density at radius 1 is 1.27 bits per heavy atom. The molecule has 1 saturated heterocycles. The van der Waals surface area contributed by atoms with Gasteiger partial charge >= 0.3 is 5.97 Å². The number of hydrogen-bond donors (Lipinski definition) is 0. The quantitative estimate of drug-likeness (QED) is 0.459. The average molecular weight is 358 g/mol. The van der Waals surface area contributed by atoms with E-state index in [0.29, 0.717) is 10.8 Å². The van der Waals surface area contributed by atoms with Gasteiger partial charge in [-0.05, 0) is 44.0 Å². The number of nitroso groups, excluding NO2 is 1. The molecular formula is C17H18N4O5. The first kappa shape index (κ1) is 17.7. The summed E-state index contributed by atoms with van der Waals surface area (Å²) in [7, 11) is 0. The Morgan fingerprint density at radius 2 is 2.00 bits per heavy atom. The van der Waals surface area contributed by atoms with E-state index in [1.54, 1.807) is 25.1 Å². The lowest BCUT2D eigenvalue weighted by Crippen LogP contribution is -2.48. The number of benzene rings is 1. The van der Waals surface area contributed by atoms with Crippen molar-refractivity contribution in [1.29, 1.82) is 0 Å². The number of esters is 1. The van der Waals surface area contributed by atoms with Gasteiger partial charge in [-0.1, -0.05) is 6.07 Å². The third-order valence-electron chi connectivity index (χ3n) is 4.69. The van der Waals surface area contributed by atoms with Crippen molar-refractivity contribution < 1.29 is 19.1 Å². The van der Waals surface area contributed by atoms with Crippen LogP contribution >= 0.6 is 0 Å². The van der Waals surface area contributed by atoms with Gasteiger partial charge in [-0.25, -0.2) is 9.69 Å². The van der Waals surface area contributed by atoms with Gasteiger partial charge in [0.15, 0.2) is 11.3 Å². The van der Waals surface area contributed by atoms with E-state index in [1.165, 1.54) is 0 Å². The molecule has 1 aromatic rings. The van der Waals surface area contributed by atoms with Gasteiger partial charge in [0.25, 0.3) is 5.91 Å². The SMILES string of the molecule is CCOC(=O)C1=NN(N=O)[C@]2(CC(=O)N(c3ccc(C)c(C)c3)C2=O)C1. The maximum Gasteiger partial charge on any atom is 0.354 e. The number of carbonyl (C=O) groups is 3. The molecule has 0 aliphatic carbocycles. The lowest BCUT2D eigenvalue weighted by molar-refractivity contribution is -0.135. The van der Waals surface area contributed by atoms with Crippen LogP contribution in [0.15, 0.2) is 28.6 Å². The van der Waals surface area contributed by atoms with E-state index in [0.717, 1.165) is 16.0 Å². The van der Waals surface area contributed by atoms with Crippen LogP contribution in [-0.2, 0) is 19.1 Å². The van der Waals surface area contributed by atoms with Gasteiger partial charge in [0.1, 0.15) is 0 Å². The van der Waals surface area contributed by atoms with E-state index < -0.39 is 23.3 Å². The van der Waals surface area contributed by atoms with Crippen molar-refractivity contribution in [3.05, 3.63) is 34.2 Å². The van der Waals surface area contributed by atoms with Gasteiger partial charge in [-0.15, -0.1) is 15.1 Å². The monoisotopic (exact) mass is 358 g/mol. The summed E-state index contributed by atoms with van der Waals surface area (Å²) < 4.78 is 4.87. The molecule has 0 bridgehead atoms. The van der Waals surface area contributed by atoms with E-state index in [9.17, 15) is 19.3 Å². The fraction of sp³-hybridized carbons (Fsp3) is 0.412. The van der Waals surface area contributed by atoms with Crippen LogP contribution in [0.2, 0.25) is 0 Å². The summed E-state index contributed by atoms with van der Waals surface area (Å²) in [6.45, 7) is 5.55. The van der Waals surface area contributed by atoms with Gasteiger partial charge < -0.3 is 4.74 Å². The zero-order chi connectivity index (χ0) is 19.1. The predicted molar refractivity (Wildman–Crippen MR) is 92.1 cm³/mol. The van der Waals surface area contributed by atoms with Crippen molar-refractivity contribution in [3.63, 3.8) is 0 Å². The Morgan fingerprint density at radius 3 is 2.62 bits per heavy atom. The van der Waals surface area contributed by atoms with E-state index in [2.05, 4.69) is 10.4 Å². The molecule has 26 heavy (non-hydrogen) atoms. The molecule has 9 nitrogen and oxygen atoms in total.